The summed E-state index contributed by atoms with van der Waals surface area (Å²) in [4.78, 5) is 17.1. The van der Waals surface area contributed by atoms with E-state index in [0.29, 0.717) is 17.0 Å². The zero-order chi connectivity index (χ0) is 21.4. The summed E-state index contributed by atoms with van der Waals surface area (Å²) in [5.74, 6) is 0.422. The topological polar surface area (TPSA) is 84.8 Å². The predicted molar refractivity (Wildman–Crippen MR) is 105 cm³/mol. The van der Waals surface area contributed by atoms with Crippen LogP contribution >= 0.6 is 0 Å². The highest BCUT2D eigenvalue weighted by Gasteiger charge is 2.45. The van der Waals surface area contributed by atoms with Crippen LogP contribution in [0, 0.1) is 0 Å². The molecular formula is C20H18F3N7O. The summed E-state index contributed by atoms with van der Waals surface area (Å²) in [5, 5.41) is 4.31. The van der Waals surface area contributed by atoms with Gasteiger partial charge in [0.2, 0.25) is 0 Å². The van der Waals surface area contributed by atoms with E-state index in [4.69, 9.17) is 4.74 Å². The second-order valence-corrected chi connectivity index (χ2v) is 7.17. The molecular weight excluding hydrogens is 411 g/mol. The number of hydrogen-bond donors (Lipinski definition) is 1. The summed E-state index contributed by atoms with van der Waals surface area (Å²) in [7, 11) is 0. The first-order valence-corrected chi connectivity index (χ1v) is 9.69. The van der Waals surface area contributed by atoms with E-state index in [1.54, 1.807) is 31.0 Å². The van der Waals surface area contributed by atoms with Gasteiger partial charge in [-0.05, 0) is 17.7 Å². The van der Waals surface area contributed by atoms with Gasteiger partial charge in [0.05, 0.1) is 25.7 Å². The zero-order valence-electron chi connectivity index (χ0n) is 16.3. The van der Waals surface area contributed by atoms with E-state index in [0.717, 1.165) is 11.1 Å². The predicted octanol–water partition coefficient (Wildman–Crippen LogP) is 3.14. The van der Waals surface area contributed by atoms with Crippen molar-refractivity contribution in [1.82, 2.24) is 34.6 Å². The molecule has 4 aromatic rings. The van der Waals surface area contributed by atoms with E-state index in [2.05, 4.69) is 25.0 Å². The highest BCUT2D eigenvalue weighted by Crippen LogP contribution is 2.38. The van der Waals surface area contributed by atoms with Crippen LogP contribution in [0.15, 0.2) is 49.3 Å². The van der Waals surface area contributed by atoms with Gasteiger partial charge in [0.25, 0.3) is 0 Å². The quantitative estimate of drug-likeness (QED) is 0.537. The van der Waals surface area contributed by atoms with Crippen LogP contribution in [0.2, 0.25) is 0 Å². The van der Waals surface area contributed by atoms with Crippen LogP contribution in [0.1, 0.15) is 11.6 Å². The first-order valence-electron chi connectivity index (χ1n) is 9.69. The van der Waals surface area contributed by atoms with Gasteiger partial charge in [-0.15, -0.1) is 0 Å². The van der Waals surface area contributed by atoms with E-state index in [1.807, 2.05) is 6.07 Å². The van der Waals surface area contributed by atoms with Crippen molar-refractivity contribution in [3.63, 3.8) is 0 Å². The molecule has 1 atom stereocenters. The maximum Gasteiger partial charge on any atom is 0.408 e. The Morgan fingerprint density at radius 3 is 2.61 bits per heavy atom. The Balaban J connectivity index is 1.43. The number of rotatable bonds is 4. The summed E-state index contributed by atoms with van der Waals surface area (Å²) >= 11 is 0. The van der Waals surface area contributed by atoms with Gasteiger partial charge in [-0.3, -0.25) is 4.90 Å². The maximum absolute atomic E-state index is 13.8. The largest absolute Gasteiger partial charge is 0.408 e. The molecule has 5 rings (SSSR count). The van der Waals surface area contributed by atoms with Crippen LogP contribution < -0.4 is 0 Å². The number of nitrogens with zero attached hydrogens (tertiary/aromatic N) is 6. The molecule has 5 heterocycles. The molecule has 0 aliphatic carbocycles. The van der Waals surface area contributed by atoms with Crippen LogP contribution in [0.4, 0.5) is 13.2 Å². The number of ether oxygens (including phenoxy) is 1. The normalized spacial score (nSPS) is 16.6. The van der Waals surface area contributed by atoms with Crippen LogP contribution in [-0.2, 0) is 4.74 Å². The minimum Gasteiger partial charge on any atom is -0.379 e. The zero-order valence-corrected chi connectivity index (χ0v) is 16.3. The molecule has 0 amide bonds. The van der Waals surface area contributed by atoms with Gasteiger partial charge >= 0.3 is 6.18 Å². The Morgan fingerprint density at radius 2 is 1.87 bits per heavy atom. The lowest BCUT2D eigenvalue weighted by Gasteiger charge is -2.35. The van der Waals surface area contributed by atoms with Crippen molar-refractivity contribution in [1.29, 1.82) is 0 Å². The van der Waals surface area contributed by atoms with Gasteiger partial charge in [-0.25, -0.2) is 19.6 Å². The van der Waals surface area contributed by atoms with Crippen molar-refractivity contribution in [2.75, 3.05) is 26.3 Å². The number of aromatic nitrogens is 6. The average Bonchev–Trinajstić information content (AvgIpc) is 3.44. The Labute approximate surface area is 174 Å². The molecule has 1 saturated heterocycles. The Kier molecular flexibility index (Phi) is 4.91. The number of fused-ring (bicyclic) bond motifs is 1. The Morgan fingerprint density at radius 1 is 1.03 bits per heavy atom. The molecule has 1 N–H and O–H groups in total. The molecule has 160 valence electrons. The fourth-order valence-electron chi connectivity index (χ4n) is 3.81. The first-order chi connectivity index (χ1) is 15.0. The van der Waals surface area contributed by atoms with Gasteiger partial charge in [0.15, 0.2) is 11.5 Å². The summed E-state index contributed by atoms with van der Waals surface area (Å²) in [6.07, 6.45) is 3.51. The molecule has 11 heteroatoms. The molecule has 0 saturated carbocycles. The molecule has 0 bridgehead atoms. The van der Waals surface area contributed by atoms with Crippen LogP contribution in [-0.4, -0.2) is 67.1 Å². The molecule has 31 heavy (non-hydrogen) atoms. The van der Waals surface area contributed by atoms with Gasteiger partial charge < -0.3 is 9.72 Å². The number of hydrogen-bond acceptors (Lipinski definition) is 6. The van der Waals surface area contributed by atoms with Crippen molar-refractivity contribution < 1.29 is 17.9 Å². The van der Waals surface area contributed by atoms with Gasteiger partial charge in [-0.1, -0.05) is 6.07 Å². The second kappa shape index (κ2) is 7.75. The summed E-state index contributed by atoms with van der Waals surface area (Å²) in [6.45, 7) is 1.02. The van der Waals surface area contributed by atoms with Crippen molar-refractivity contribution in [2.45, 2.75) is 12.2 Å². The van der Waals surface area contributed by atoms with Crippen molar-refractivity contribution in [2.24, 2.45) is 0 Å². The molecule has 1 aliphatic rings. The number of H-pyrrole nitrogens is 1. The third-order valence-corrected chi connectivity index (χ3v) is 5.25. The standard InChI is InChI=1S/C20H18F3N7O/c21-20(22,23)18(29-5-7-31-8-6-29)13-1-2-16(25-9-13)30-11-14(10-28-30)15-3-4-24-19-17(15)26-12-27-19/h1-4,9-12,18H,5-8H2,(H,24,26,27). The van der Waals surface area contributed by atoms with E-state index in [9.17, 15) is 13.2 Å². The molecule has 4 aromatic heterocycles. The molecule has 1 fully saturated rings. The highest BCUT2D eigenvalue weighted by molar-refractivity contribution is 5.88. The second-order valence-electron chi connectivity index (χ2n) is 7.17. The minimum atomic E-state index is -4.41. The number of alkyl halides is 3. The van der Waals surface area contributed by atoms with Gasteiger partial charge in [0.1, 0.15) is 11.6 Å². The third-order valence-electron chi connectivity index (χ3n) is 5.25. The van der Waals surface area contributed by atoms with Crippen LogP contribution in [0.25, 0.3) is 28.1 Å². The minimum absolute atomic E-state index is 0.0953. The molecule has 1 unspecified atom stereocenters. The van der Waals surface area contributed by atoms with Crippen LogP contribution in [0.5, 0.6) is 0 Å². The van der Waals surface area contributed by atoms with E-state index < -0.39 is 12.2 Å². The smallest absolute Gasteiger partial charge is 0.379 e. The summed E-state index contributed by atoms with van der Waals surface area (Å²) in [6, 6.07) is 3.12. The Bertz CT molecular complexity index is 1180. The SMILES string of the molecule is FC(F)(F)C(c1ccc(-n2cc(-c3ccnc4[nH]cnc34)cn2)nc1)N1CCOCC1. The van der Waals surface area contributed by atoms with Crippen LogP contribution in [0.3, 0.4) is 0 Å². The molecule has 0 spiro atoms. The van der Waals surface area contributed by atoms with E-state index in [-0.39, 0.29) is 31.9 Å². The van der Waals surface area contributed by atoms with Gasteiger partial charge in [0, 0.05) is 42.8 Å². The molecule has 0 aromatic carbocycles. The number of pyridine rings is 2. The van der Waals surface area contributed by atoms with Crippen molar-refractivity contribution in [3.05, 3.63) is 54.9 Å². The fraction of sp³-hybridized carbons (Fsp3) is 0.300. The molecule has 1 aliphatic heterocycles. The monoisotopic (exact) mass is 429 g/mol. The molecule has 8 nitrogen and oxygen atoms in total. The summed E-state index contributed by atoms with van der Waals surface area (Å²) < 4.78 is 48.0. The summed E-state index contributed by atoms with van der Waals surface area (Å²) in [5.41, 5.74) is 3.11. The van der Waals surface area contributed by atoms with E-state index in [1.165, 1.54) is 21.8 Å². The van der Waals surface area contributed by atoms with Crippen molar-refractivity contribution >= 4 is 11.2 Å². The Hall–Kier alpha value is -3.31. The average molecular weight is 429 g/mol. The third kappa shape index (κ3) is 3.77. The highest BCUT2D eigenvalue weighted by atomic mass is 19.4. The number of nitrogens with one attached hydrogen (secondary N) is 1. The fourth-order valence-corrected chi connectivity index (χ4v) is 3.81. The number of morpholine rings is 1. The lowest BCUT2D eigenvalue weighted by Crippen LogP contribution is -2.44. The lowest BCUT2D eigenvalue weighted by molar-refractivity contribution is -0.194. The van der Waals surface area contributed by atoms with Gasteiger partial charge in [-0.2, -0.15) is 18.3 Å². The number of aromatic amines is 1. The number of imidazole rings is 1. The van der Waals surface area contributed by atoms with Crippen molar-refractivity contribution in [3.8, 4) is 16.9 Å². The van der Waals surface area contributed by atoms with E-state index >= 15 is 0 Å². The maximum atomic E-state index is 13.8. The molecule has 0 radical (unpaired) electrons. The number of halogens is 3. The first kappa shape index (κ1) is 19.6. The lowest BCUT2D eigenvalue weighted by atomic mass is 10.1.